The molecule has 2 rings (SSSR count). The van der Waals surface area contributed by atoms with Gasteiger partial charge in [0.1, 0.15) is 0 Å². The maximum Gasteiger partial charge on any atom is 0.237 e. The first-order chi connectivity index (χ1) is 9.25. The molecule has 1 aliphatic heterocycles. The predicted molar refractivity (Wildman–Crippen MR) is 76.8 cm³/mol. The maximum absolute atomic E-state index is 11.8. The SMILES string of the molecule is N[C@H]1CN[C@H](C(=O)NCCCCc2ccccc2)C1. The third-order valence-electron chi connectivity index (χ3n) is 3.52. The van der Waals surface area contributed by atoms with E-state index < -0.39 is 0 Å². The predicted octanol–water partition coefficient (Wildman–Crippen LogP) is 0.815. The van der Waals surface area contributed by atoms with Crippen molar-refractivity contribution < 1.29 is 4.79 Å². The lowest BCUT2D eigenvalue weighted by Gasteiger charge is -2.10. The standard InChI is InChI=1S/C15H23N3O/c16-13-10-14(18-11-13)15(19)17-9-5-4-8-12-6-2-1-3-7-12/h1-3,6-7,13-14,18H,4-5,8-11,16H2,(H,17,19)/t13-,14+/m1/s1. The van der Waals surface area contributed by atoms with Crippen LogP contribution in [0, 0.1) is 0 Å². The quantitative estimate of drug-likeness (QED) is 0.664. The van der Waals surface area contributed by atoms with Gasteiger partial charge in [-0.3, -0.25) is 4.79 Å². The van der Waals surface area contributed by atoms with Gasteiger partial charge in [-0.2, -0.15) is 0 Å². The fraction of sp³-hybridized carbons (Fsp3) is 0.533. The van der Waals surface area contributed by atoms with Crippen molar-refractivity contribution in [1.82, 2.24) is 10.6 Å². The summed E-state index contributed by atoms with van der Waals surface area (Å²) in [5.41, 5.74) is 7.12. The molecule has 0 spiro atoms. The molecule has 1 fully saturated rings. The van der Waals surface area contributed by atoms with Crippen LogP contribution in [0.3, 0.4) is 0 Å². The second-order valence-electron chi connectivity index (χ2n) is 5.19. The van der Waals surface area contributed by atoms with Gasteiger partial charge in [0.2, 0.25) is 5.91 Å². The van der Waals surface area contributed by atoms with E-state index in [4.69, 9.17) is 5.73 Å². The zero-order valence-electron chi connectivity index (χ0n) is 11.3. The summed E-state index contributed by atoms with van der Waals surface area (Å²) in [4.78, 5) is 11.8. The Hall–Kier alpha value is -1.39. The first kappa shape index (κ1) is 14.0. The van der Waals surface area contributed by atoms with Crippen molar-refractivity contribution in [2.75, 3.05) is 13.1 Å². The number of benzene rings is 1. The van der Waals surface area contributed by atoms with Crippen LogP contribution >= 0.6 is 0 Å². The molecule has 1 saturated heterocycles. The second kappa shape index (κ2) is 7.26. The second-order valence-corrected chi connectivity index (χ2v) is 5.19. The molecule has 4 heteroatoms. The molecule has 0 aliphatic carbocycles. The van der Waals surface area contributed by atoms with E-state index in [0.29, 0.717) is 0 Å². The number of hydrogen-bond acceptors (Lipinski definition) is 3. The first-order valence-electron chi connectivity index (χ1n) is 7.06. The Morgan fingerprint density at radius 3 is 2.79 bits per heavy atom. The molecule has 0 bridgehead atoms. The zero-order valence-corrected chi connectivity index (χ0v) is 11.3. The van der Waals surface area contributed by atoms with Crippen molar-refractivity contribution in [2.24, 2.45) is 5.73 Å². The summed E-state index contributed by atoms with van der Waals surface area (Å²) in [6.45, 7) is 1.49. The molecule has 4 nitrogen and oxygen atoms in total. The lowest BCUT2D eigenvalue weighted by molar-refractivity contribution is -0.122. The highest BCUT2D eigenvalue weighted by molar-refractivity contribution is 5.82. The summed E-state index contributed by atoms with van der Waals surface area (Å²) in [6.07, 6.45) is 3.93. The van der Waals surface area contributed by atoms with Crippen LogP contribution in [0.15, 0.2) is 30.3 Å². The highest BCUT2D eigenvalue weighted by atomic mass is 16.2. The molecule has 1 amide bonds. The fourth-order valence-electron chi connectivity index (χ4n) is 2.40. The van der Waals surface area contributed by atoms with Gasteiger partial charge >= 0.3 is 0 Å². The van der Waals surface area contributed by atoms with Gasteiger partial charge in [-0.25, -0.2) is 0 Å². The van der Waals surface area contributed by atoms with Crippen molar-refractivity contribution in [3.63, 3.8) is 0 Å². The average Bonchev–Trinajstić information content (AvgIpc) is 2.86. The Bertz CT molecular complexity index is 394. The summed E-state index contributed by atoms with van der Waals surface area (Å²) in [5.74, 6) is 0.0904. The lowest BCUT2D eigenvalue weighted by Crippen LogP contribution is -2.40. The average molecular weight is 261 g/mol. The number of carbonyl (C=O) groups is 1. The van der Waals surface area contributed by atoms with E-state index >= 15 is 0 Å². The number of nitrogens with two attached hydrogens (primary N) is 1. The summed E-state index contributed by atoms with van der Waals surface area (Å²) >= 11 is 0. The van der Waals surface area contributed by atoms with Crippen LogP contribution < -0.4 is 16.4 Å². The van der Waals surface area contributed by atoms with Crippen LogP contribution in [0.4, 0.5) is 0 Å². The van der Waals surface area contributed by atoms with Gasteiger partial charge in [-0.1, -0.05) is 30.3 Å². The molecule has 0 saturated carbocycles. The number of hydrogen-bond donors (Lipinski definition) is 3. The third kappa shape index (κ3) is 4.65. The van der Waals surface area contributed by atoms with E-state index in [0.717, 1.165) is 38.8 Å². The Balaban J connectivity index is 1.56. The fourth-order valence-corrected chi connectivity index (χ4v) is 2.40. The summed E-state index contributed by atoms with van der Waals surface area (Å²) < 4.78 is 0. The van der Waals surface area contributed by atoms with E-state index in [1.807, 2.05) is 6.07 Å². The van der Waals surface area contributed by atoms with E-state index in [-0.39, 0.29) is 18.0 Å². The number of carbonyl (C=O) groups excluding carboxylic acids is 1. The molecule has 1 aliphatic rings. The molecule has 0 unspecified atom stereocenters. The third-order valence-corrected chi connectivity index (χ3v) is 3.52. The summed E-state index contributed by atoms with van der Waals surface area (Å²) in [7, 11) is 0. The number of aryl methyl sites for hydroxylation is 1. The maximum atomic E-state index is 11.8. The molecule has 1 aromatic carbocycles. The van der Waals surface area contributed by atoms with Gasteiger partial charge in [0.15, 0.2) is 0 Å². The van der Waals surface area contributed by atoms with Crippen molar-refractivity contribution in [3.05, 3.63) is 35.9 Å². The minimum atomic E-state index is -0.0934. The van der Waals surface area contributed by atoms with Gasteiger partial charge in [-0.15, -0.1) is 0 Å². The molecular formula is C15H23N3O. The monoisotopic (exact) mass is 261 g/mol. The normalized spacial score (nSPS) is 22.4. The van der Waals surface area contributed by atoms with Crippen LogP contribution in [-0.4, -0.2) is 31.1 Å². The van der Waals surface area contributed by atoms with Crippen molar-refractivity contribution in [1.29, 1.82) is 0 Å². The van der Waals surface area contributed by atoms with Gasteiger partial charge in [0, 0.05) is 19.1 Å². The van der Waals surface area contributed by atoms with Crippen molar-refractivity contribution in [2.45, 2.75) is 37.8 Å². The van der Waals surface area contributed by atoms with E-state index in [9.17, 15) is 4.79 Å². The Morgan fingerprint density at radius 2 is 2.11 bits per heavy atom. The van der Waals surface area contributed by atoms with Gasteiger partial charge in [0.05, 0.1) is 6.04 Å². The number of amides is 1. The van der Waals surface area contributed by atoms with Crippen molar-refractivity contribution in [3.8, 4) is 0 Å². The smallest absolute Gasteiger partial charge is 0.237 e. The molecule has 2 atom stereocenters. The Labute approximate surface area is 114 Å². The lowest BCUT2D eigenvalue weighted by atomic mass is 10.1. The van der Waals surface area contributed by atoms with Crippen LogP contribution in [0.5, 0.6) is 0 Å². The highest BCUT2D eigenvalue weighted by Crippen LogP contribution is 2.05. The minimum Gasteiger partial charge on any atom is -0.355 e. The molecule has 4 N–H and O–H groups in total. The molecule has 1 heterocycles. The summed E-state index contributed by atoms with van der Waals surface area (Å²) in [6, 6.07) is 10.5. The number of unbranched alkanes of at least 4 members (excludes halogenated alkanes) is 1. The van der Waals surface area contributed by atoms with E-state index in [1.165, 1.54) is 5.56 Å². The Morgan fingerprint density at radius 1 is 1.32 bits per heavy atom. The van der Waals surface area contributed by atoms with Gasteiger partial charge in [-0.05, 0) is 31.2 Å². The largest absolute Gasteiger partial charge is 0.355 e. The van der Waals surface area contributed by atoms with E-state index in [1.54, 1.807) is 0 Å². The molecular weight excluding hydrogens is 238 g/mol. The van der Waals surface area contributed by atoms with Gasteiger partial charge < -0.3 is 16.4 Å². The van der Waals surface area contributed by atoms with Crippen LogP contribution in [0.2, 0.25) is 0 Å². The highest BCUT2D eigenvalue weighted by Gasteiger charge is 2.26. The van der Waals surface area contributed by atoms with Crippen LogP contribution in [-0.2, 0) is 11.2 Å². The molecule has 0 radical (unpaired) electrons. The van der Waals surface area contributed by atoms with E-state index in [2.05, 4.69) is 34.9 Å². The number of rotatable bonds is 6. The molecule has 19 heavy (non-hydrogen) atoms. The summed E-state index contributed by atoms with van der Waals surface area (Å²) in [5, 5.41) is 6.11. The van der Waals surface area contributed by atoms with Gasteiger partial charge in [0.25, 0.3) is 0 Å². The topological polar surface area (TPSA) is 67.1 Å². The van der Waals surface area contributed by atoms with Crippen molar-refractivity contribution >= 4 is 5.91 Å². The minimum absolute atomic E-state index is 0.0904. The molecule has 104 valence electrons. The van der Waals surface area contributed by atoms with Crippen LogP contribution in [0.1, 0.15) is 24.8 Å². The number of nitrogens with one attached hydrogen (secondary N) is 2. The first-order valence-corrected chi connectivity index (χ1v) is 7.06. The Kier molecular flexibility index (Phi) is 5.36. The van der Waals surface area contributed by atoms with Crippen LogP contribution in [0.25, 0.3) is 0 Å². The molecule has 1 aromatic rings. The zero-order chi connectivity index (χ0) is 13.5. The molecule has 0 aromatic heterocycles.